The van der Waals surface area contributed by atoms with Crippen molar-refractivity contribution in [2.45, 2.75) is 18.3 Å². The number of benzene rings is 2. The molecule has 4 heteroatoms. The van der Waals surface area contributed by atoms with Crippen molar-refractivity contribution in [3.05, 3.63) is 69.7 Å². The minimum atomic E-state index is -0.763. The van der Waals surface area contributed by atoms with Gasteiger partial charge in [0, 0.05) is 16.9 Å². The van der Waals surface area contributed by atoms with E-state index >= 15 is 0 Å². The molecule has 0 saturated carbocycles. The summed E-state index contributed by atoms with van der Waals surface area (Å²) >= 11 is 3.43. The van der Waals surface area contributed by atoms with E-state index in [0.717, 1.165) is 29.5 Å². The molecule has 2 atom stereocenters. The summed E-state index contributed by atoms with van der Waals surface area (Å²) in [5.74, 6) is -1.31. The lowest BCUT2D eigenvalue weighted by molar-refractivity contribution is 0.386. The molecule has 1 aliphatic heterocycles. The Morgan fingerprint density at radius 1 is 1.00 bits per heavy atom. The van der Waals surface area contributed by atoms with Crippen LogP contribution in [0.3, 0.4) is 0 Å². The van der Waals surface area contributed by atoms with Gasteiger partial charge in [-0.3, -0.25) is 0 Å². The average Bonchev–Trinajstić information content (AvgIpc) is 2.51. The number of hydrogen-bond acceptors (Lipinski definition) is 1. The van der Waals surface area contributed by atoms with Crippen molar-refractivity contribution < 1.29 is 8.78 Å². The lowest BCUT2D eigenvalue weighted by atomic mass is 9.77. The van der Waals surface area contributed by atoms with Crippen molar-refractivity contribution in [2.75, 3.05) is 13.1 Å². The van der Waals surface area contributed by atoms with Crippen LogP contribution in [0, 0.1) is 11.6 Å². The molecule has 0 bridgehead atoms. The fourth-order valence-corrected chi connectivity index (χ4v) is 3.36. The number of halogens is 3. The maximum absolute atomic E-state index is 14.1. The second kappa shape index (κ2) is 6.24. The fourth-order valence-electron chi connectivity index (χ4n) is 3.10. The van der Waals surface area contributed by atoms with Crippen LogP contribution in [0.2, 0.25) is 0 Å². The van der Waals surface area contributed by atoms with Crippen molar-refractivity contribution >= 4 is 15.9 Å². The zero-order chi connectivity index (χ0) is 14.8. The van der Waals surface area contributed by atoms with Crippen LogP contribution >= 0.6 is 15.9 Å². The molecular formula is C17H16BrF2N. The number of rotatable bonds is 2. The molecule has 21 heavy (non-hydrogen) atoms. The summed E-state index contributed by atoms with van der Waals surface area (Å²) in [7, 11) is 0. The van der Waals surface area contributed by atoms with Gasteiger partial charge in [-0.25, -0.2) is 8.78 Å². The van der Waals surface area contributed by atoms with Gasteiger partial charge in [0.2, 0.25) is 0 Å². The maximum atomic E-state index is 14.1. The standard InChI is InChI=1S/C17H16BrF2N/c18-12-6-4-11(5-7-12)15-10-21-9-8-13(15)14-2-1-3-16(19)17(14)20/h1-7,13,15,21H,8-10H2. The van der Waals surface area contributed by atoms with E-state index in [0.29, 0.717) is 5.56 Å². The maximum Gasteiger partial charge on any atom is 0.162 e. The van der Waals surface area contributed by atoms with Crippen LogP contribution in [0.1, 0.15) is 29.4 Å². The number of nitrogens with one attached hydrogen (secondary N) is 1. The molecule has 0 aromatic heterocycles. The van der Waals surface area contributed by atoms with Crippen LogP contribution in [0.15, 0.2) is 46.9 Å². The molecule has 0 amide bonds. The summed E-state index contributed by atoms with van der Waals surface area (Å²) in [5, 5.41) is 3.35. The first kappa shape index (κ1) is 14.7. The highest BCUT2D eigenvalue weighted by atomic mass is 79.9. The predicted octanol–water partition coefficient (Wildman–Crippen LogP) is 4.59. The third-order valence-electron chi connectivity index (χ3n) is 4.16. The number of hydrogen-bond donors (Lipinski definition) is 1. The van der Waals surface area contributed by atoms with Gasteiger partial charge in [-0.15, -0.1) is 0 Å². The first-order valence-electron chi connectivity index (χ1n) is 7.07. The van der Waals surface area contributed by atoms with Gasteiger partial charge in [-0.1, -0.05) is 40.2 Å². The van der Waals surface area contributed by atoms with Crippen molar-refractivity contribution in [1.29, 1.82) is 0 Å². The summed E-state index contributed by atoms with van der Waals surface area (Å²) in [6, 6.07) is 12.5. The van der Waals surface area contributed by atoms with E-state index < -0.39 is 11.6 Å². The minimum absolute atomic E-state index is 0.00289. The summed E-state index contributed by atoms with van der Waals surface area (Å²) in [4.78, 5) is 0. The van der Waals surface area contributed by atoms with E-state index in [1.165, 1.54) is 6.07 Å². The molecule has 1 nitrogen and oxygen atoms in total. The van der Waals surface area contributed by atoms with Gasteiger partial charge < -0.3 is 5.32 Å². The summed E-state index contributed by atoms with van der Waals surface area (Å²) in [6.07, 6.45) is 0.807. The van der Waals surface area contributed by atoms with E-state index in [-0.39, 0.29) is 11.8 Å². The van der Waals surface area contributed by atoms with Crippen LogP contribution < -0.4 is 5.32 Å². The molecule has 1 heterocycles. The molecule has 2 unspecified atom stereocenters. The van der Waals surface area contributed by atoms with Gasteiger partial charge in [0.25, 0.3) is 0 Å². The average molecular weight is 352 g/mol. The van der Waals surface area contributed by atoms with Crippen LogP contribution in [-0.2, 0) is 0 Å². The lowest BCUT2D eigenvalue weighted by Gasteiger charge is -2.33. The van der Waals surface area contributed by atoms with E-state index in [9.17, 15) is 8.78 Å². The largest absolute Gasteiger partial charge is 0.316 e. The van der Waals surface area contributed by atoms with E-state index in [1.54, 1.807) is 12.1 Å². The third-order valence-corrected chi connectivity index (χ3v) is 4.69. The normalized spacial score (nSPS) is 22.2. The summed E-state index contributed by atoms with van der Waals surface area (Å²) < 4.78 is 28.7. The monoisotopic (exact) mass is 351 g/mol. The van der Waals surface area contributed by atoms with Gasteiger partial charge >= 0.3 is 0 Å². The van der Waals surface area contributed by atoms with Crippen molar-refractivity contribution in [2.24, 2.45) is 0 Å². The van der Waals surface area contributed by atoms with E-state index in [4.69, 9.17) is 0 Å². The van der Waals surface area contributed by atoms with Gasteiger partial charge in [0.15, 0.2) is 11.6 Å². The van der Waals surface area contributed by atoms with Gasteiger partial charge in [0.1, 0.15) is 0 Å². The first-order chi connectivity index (χ1) is 10.2. The topological polar surface area (TPSA) is 12.0 Å². The highest BCUT2D eigenvalue weighted by Gasteiger charge is 2.30. The highest BCUT2D eigenvalue weighted by Crippen LogP contribution is 2.39. The Morgan fingerprint density at radius 2 is 1.76 bits per heavy atom. The van der Waals surface area contributed by atoms with Crippen molar-refractivity contribution in [3.8, 4) is 0 Å². The lowest BCUT2D eigenvalue weighted by Crippen LogP contribution is -2.34. The highest BCUT2D eigenvalue weighted by molar-refractivity contribution is 9.10. The Morgan fingerprint density at radius 3 is 2.52 bits per heavy atom. The Kier molecular flexibility index (Phi) is 4.36. The summed E-state index contributed by atoms with van der Waals surface area (Å²) in [6.45, 7) is 1.61. The van der Waals surface area contributed by atoms with Crippen LogP contribution in [0.4, 0.5) is 8.78 Å². The second-order valence-electron chi connectivity index (χ2n) is 5.40. The molecule has 1 saturated heterocycles. The zero-order valence-electron chi connectivity index (χ0n) is 11.5. The molecule has 110 valence electrons. The first-order valence-corrected chi connectivity index (χ1v) is 7.86. The molecule has 0 aliphatic carbocycles. The van der Waals surface area contributed by atoms with E-state index in [2.05, 4.69) is 21.2 Å². The minimum Gasteiger partial charge on any atom is -0.316 e. The zero-order valence-corrected chi connectivity index (χ0v) is 13.0. The van der Waals surface area contributed by atoms with Crippen LogP contribution in [0.25, 0.3) is 0 Å². The van der Waals surface area contributed by atoms with Crippen molar-refractivity contribution in [3.63, 3.8) is 0 Å². The van der Waals surface area contributed by atoms with Crippen molar-refractivity contribution in [1.82, 2.24) is 5.32 Å². The quantitative estimate of drug-likeness (QED) is 0.834. The molecule has 2 aromatic carbocycles. The Bertz CT molecular complexity index is 627. The predicted molar refractivity (Wildman–Crippen MR) is 83.5 cm³/mol. The second-order valence-corrected chi connectivity index (χ2v) is 6.32. The molecular weight excluding hydrogens is 336 g/mol. The third kappa shape index (κ3) is 3.01. The smallest absolute Gasteiger partial charge is 0.162 e. The van der Waals surface area contributed by atoms with E-state index in [1.807, 2.05) is 24.3 Å². The molecule has 1 fully saturated rings. The van der Waals surface area contributed by atoms with Gasteiger partial charge in [-0.05, 0) is 48.2 Å². The molecule has 1 N–H and O–H groups in total. The fraction of sp³-hybridized carbons (Fsp3) is 0.294. The molecule has 0 spiro atoms. The SMILES string of the molecule is Fc1cccc(C2CCNCC2c2ccc(Br)cc2)c1F. The molecule has 0 radical (unpaired) electrons. The Hall–Kier alpha value is -1.26. The van der Waals surface area contributed by atoms with Gasteiger partial charge in [0.05, 0.1) is 0 Å². The van der Waals surface area contributed by atoms with Gasteiger partial charge in [-0.2, -0.15) is 0 Å². The van der Waals surface area contributed by atoms with Crippen LogP contribution in [-0.4, -0.2) is 13.1 Å². The molecule has 1 aliphatic rings. The Labute approximate surface area is 131 Å². The number of piperidine rings is 1. The van der Waals surface area contributed by atoms with Crippen LogP contribution in [0.5, 0.6) is 0 Å². The molecule has 3 rings (SSSR count). The molecule has 2 aromatic rings. The Balaban J connectivity index is 1.98. The summed E-state index contributed by atoms with van der Waals surface area (Å²) in [5.41, 5.74) is 1.64.